The van der Waals surface area contributed by atoms with Crippen molar-refractivity contribution in [3.05, 3.63) is 0 Å². The van der Waals surface area contributed by atoms with Gasteiger partial charge in [0, 0.05) is 24.6 Å². The fraction of sp³-hybridized carbons (Fsp3) is 0.900. The van der Waals surface area contributed by atoms with Crippen LogP contribution in [-0.2, 0) is 38.1 Å². The van der Waals surface area contributed by atoms with Gasteiger partial charge in [-0.3, -0.25) is 18.7 Å². The summed E-state index contributed by atoms with van der Waals surface area (Å²) in [6, 6.07) is 0. The highest BCUT2D eigenvalue weighted by Crippen LogP contribution is 2.52. The fourth-order valence-electron chi connectivity index (χ4n) is 5.69. The zero-order chi connectivity index (χ0) is 21.8. The molecule has 5 fully saturated rings. The van der Waals surface area contributed by atoms with Crippen molar-refractivity contribution in [3.63, 3.8) is 0 Å². The maximum absolute atomic E-state index is 13.2. The predicted octanol–water partition coefficient (Wildman–Crippen LogP) is 0.707. The molecular weight excluding hydrogens is 446 g/mol. The molecule has 0 spiro atoms. The number of fused-ring (bicyclic) bond motifs is 1. The van der Waals surface area contributed by atoms with Crippen LogP contribution in [0.15, 0.2) is 0 Å². The van der Waals surface area contributed by atoms with Gasteiger partial charge in [-0.05, 0) is 32.1 Å². The van der Waals surface area contributed by atoms with Gasteiger partial charge in [0.1, 0.15) is 35.1 Å². The Hall–Kier alpha value is -0.880. The van der Waals surface area contributed by atoms with Gasteiger partial charge in [0.05, 0.1) is 6.54 Å². The lowest BCUT2D eigenvalue weighted by atomic mass is 9.84. The monoisotopic (exact) mass is 475 g/mol. The molecule has 6 atom stereocenters. The minimum absolute atomic E-state index is 0.130. The van der Waals surface area contributed by atoms with Gasteiger partial charge in [-0.15, -0.1) is 0 Å². The maximum Gasteiger partial charge on any atom is 0.320 e. The molecule has 174 valence electrons. The highest BCUT2D eigenvalue weighted by molar-refractivity contribution is 7.99. The smallest absolute Gasteiger partial charge is 0.320 e. The minimum atomic E-state index is -4.01. The molecule has 6 unspecified atom stereocenters. The van der Waals surface area contributed by atoms with Gasteiger partial charge in [-0.25, -0.2) is 0 Å². The topological polar surface area (TPSA) is 108 Å². The molecule has 31 heavy (non-hydrogen) atoms. The normalized spacial score (nSPS) is 40.2. The van der Waals surface area contributed by atoms with Crippen LogP contribution in [0.3, 0.4) is 0 Å². The number of hydrogen-bond donors (Lipinski definition) is 0. The van der Waals surface area contributed by atoms with Crippen LogP contribution < -0.4 is 0 Å². The van der Waals surface area contributed by atoms with Crippen LogP contribution in [0.2, 0.25) is 0 Å². The van der Waals surface area contributed by atoms with E-state index in [4.69, 9.17) is 18.4 Å². The van der Waals surface area contributed by atoms with Crippen LogP contribution in [0.1, 0.15) is 39.0 Å². The minimum Gasteiger partial charge on any atom is -0.459 e. The van der Waals surface area contributed by atoms with Crippen molar-refractivity contribution >= 4 is 33.8 Å². The summed E-state index contributed by atoms with van der Waals surface area (Å²) in [6.07, 6.45) is 0.718. The van der Waals surface area contributed by atoms with E-state index in [-0.39, 0.29) is 6.54 Å². The molecule has 0 N–H and O–H groups in total. The van der Waals surface area contributed by atoms with E-state index in [0.29, 0.717) is 6.42 Å². The van der Waals surface area contributed by atoms with Crippen molar-refractivity contribution in [1.82, 2.24) is 4.90 Å². The molecule has 4 heterocycles. The van der Waals surface area contributed by atoms with Crippen LogP contribution >= 0.6 is 11.8 Å². The Kier molecular flexibility index (Phi) is 5.78. The Morgan fingerprint density at radius 3 is 2.52 bits per heavy atom. The number of rotatable bonds is 6. The second kappa shape index (κ2) is 8.16. The number of carbonyl (C=O) groups excluding carboxylic acids is 2. The van der Waals surface area contributed by atoms with E-state index in [1.807, 2.05) is 23.6 Å². The highest BCUT2D eigenvalue weighted by Gasteiger charge is 2.74. The lowest BCUT2D eigenvalue weighted by Crippen LogP contribution is -2.52. The van der Waals surface area contributed by atoms with E-state index in [9.17, 15) is 18.0 Å². The summed E-state index contributed by atoms with van der Waals surface area (Å²) in [4.78, 5) is 27.8. The van der Waals surface area contributed by atoms with E-state index < -0.39 is 63.2 Å². The van der Waals surface area contributed by atoms with Crippen molar-refractivity contribution in [3.8, 4) is 0 Å². The van der Waals surface area contributed by atoms with E-state index in [2.05, 4.69) is 0 Å². The number of esters is 2. The van der Waals surface area contributed by atoms with Gasteiger partial charge in [0.15, 0.2) is 6.10 Å². The molecule has 0 aromatic heterocycles. The van der Waals surface area contributed by atoms with Crippen molar-refractivity contribution in [1.29, 1.82) is 0 Å². The molecule has 0 aromatic carbocycles. The average molecular weight is 476 g/mol. The number of thioether (sulfide) groups is 1. The summed E-state index contributed by atoms with van der Waals surface area (Å²) in [5.41, 5.74) is -0.542. The van der Waals surface area contributed by atoms with Gasteiger partial charge in [0.25, 0.3) is 10.1 Å². The first-order valence-electron chi connectivity index (χ1n) is 11.1. The number of carbonyl (C=O) groups is 2. The largest absolute Gasteiger partial charge is 0.459 e. The first-order valence-corrected chi connectivity index (χ1v) is 13.8. The van der Waals surface area contributed by atoms with Gasteiger partial charge in [-0.2, -0.15) is 20.2 Å². The van der Waals surface area contributed by atoms with E-state index in [1.165, 1.54) is 0 Å². The highest BCUT2D eigenvalue weighted by atomic mass is 32.2. The number of hydrogen-bond acceptors (Lipinski definition) is 10. The van der Waals surface area contributed by atoms with Crippen LogP contribution in [0.5, 0.6) is 0 Å². The molecule has 0 aromatic rings. The van der Waals surface area contributed by atoms with E-state index >= 15 is 0 Å². The fourth-order valence-corrected chi connectivity index (χ4v) is 8.50. The summed E-state index contributed by atoms with van der Waals surface area (Å²) >= 11 is 1.84. The third-order valence-electron chi connectivity index (χ3n) is 7.37. The number of ether oxygens (including phenoxy) is 3. The van der Waals surface area contributed by atoms with Gasteiger partial charge >= 0.3 is 11.9 Å². The maximum atomic E-state index is 13.2. The second-order valence-corrected chi connectivity index (χ2v) is 12.1. The van der Waals surface area contributed by atoms with Gasteiger partial charge in [0.2, 0.25) is 0 Å². The molecule has 5 aliphatic rings. The summed E-state index contributed by atoms with van der Waals surface area (Å²) in [5.74, 6) is -0.151. The van der Waals surface area contributed by atoms with Crippen molar-refractivity contribution < 1.29 is 36.4 Å². The van der Waals surface area contributed by atoms with Crippen LogP contribution in [0.4, 0.5) is 0 Å². The summed E-state index contributed by atoms with van der Waals surface area (Å²) in [5, 5.41) is -1.10. The molecule has 1 saturated carbocycles. The summed E-state index contributed by atoms with van der Waals surface area (Å²) in [6.45, 7) is 3.71. The molecule has 0 amide bonds. The van der Waals surface area contributed by atoms with Crippen LogP contribution in [0.25, 0.3) is 0 Å². The Bertz CT molecular complexity index is 836. The third-order valence-corrected chi connectivity index (χ3v) is 10.0. The molecular formula is C20H29NO8S2. The Balaban J connectivity index is 1.32. The molecule has 1 aliphatic carbocycles. The zero-order valence-electron chi connectivity index (χ0n) is 17.6. The Labute approximate surface area is 186 Å². The molecule has 5 rings (SSSR count). The first kappa shape index (κ1) is 21.9. The lowest BCUT2D eigenvalue weighted by molar-refractivity contribution is -0.172. The lowest BCUT2D eigenvalue weighted by Gasteiger charge is -2.33. The van der Waals surface area contributed by atoms with E-state index in [0.717, 1.165) is 50.3 Å². The molecule has 4 saturated heterocycles. The molecule has 11 heteroatoms. The molecule has 9 nitrogen and oxygen atoms in total. The van der Waals surface area contributed by atoms with Crippen molar-refractivity contribution in [2.75, 3.05) is 31.1 Å². The SMILES string of the molecule is CCC1(OC(=O)C2C3OC4C(OS(=O)(=O)C42)C3OC(=O)CN2CCSCC2)CCCC1. The average Bonchev–Trinajstić information content (AvgIpc) is 3.46. The van der Waals surface area contributed by atoms with Crippen LogP contribution in [-0.4, -0.2) is 91.7 Å². The molecule has 0 radical (unpaired) electrons. The van der Waals surface area contributed by atoms with Gasteiger partial charge in [-0.1, -0.05) is 6.92 Å². The quantitative estimate of drug-likeness (QED) is 0.402. The predicted molar refractivity (Wildman–Crippen MR) is 111 cm³/mol. The van der Waals surface area contributed by atoms with Crippen molar-refractivity contribution in [2.45, 2.75) is 74.3 Å². The zero-order valence-corrected chi connectivity index (χ0v) is 19.2. The first-order chi connectivity index (χ1) is 14.8. The Morgan fingerprint density at radius 2 is 1.84 bits per heavy atom. The standard InChI is InChI=1S/C20H29NO8S2/c1-2-20(5-3-4-6-20)28-19(23)13-14-15(16-17(27-14)18(13)31(24,25)29-16)26-12(22)11-21-7-9-30-10-8-21/h13-18H,2-11H2,1H3. The Morgan fingerprint density at radius 1 is 1.13 bits per heavy atom. The summed E-state index contributed by atoms with van der Waals surface area (Å²) in [7, 11) is -4.01. The van der Waals surface area contributed by atoms with E-state index in [1.54, 1.807) is 0 Å². The molecule has 4 aliphatic heterocycles. The molecule has 2 bridgehead atoms. The second-order valence-electron chi connectivity index (χ2n) is 9.12. The third kappa shape index (κ3) is 3.80. The van der Waals surface area contributed by atoms with Gasteiger partial charge < -0.3 is 14.2 Å². The van der Waals surface area contributed by atoms with Crippen LogP contribution in [0, 0.1) is 5.92 Å². The van der Waals surface area contributed by atoms with Crippen molar-refractivity contribution in [2.24, 2.45) is 5.92 Å². The number of nitrogens with zero attached hydrogens (tertiary/aromatic N) is 1. The summed E-state index contributed by atoms with van der Waals surface area (Å²) < 4.78 is 48.1.